The van der Waals surface area contributed by atoms with Gasteiger partial charge in [-0.3, -0.25) is 4.90 Å². The van der Waals surface area contributed by atoms with Gasteiger partial charge in [-0.25, -0.2) is 4.98 Å². The summed E-state index contributed by atoms with van der Waals surface area (Å²) in [4.78, 5) is 6.89. The lowest BCUT2D eigenvalue weighted by Crippen LogP contribution is -2.59. The maximum Gasteiger partial charge on any atom is 0.217 e. The van der Waals surface area contributed by atoms with Crippen molar-refractivity contribution in [3.63, 3.8) is 0 Å². The fraction of sp³-hybridized carbons (Fsp3) is 0.706. The van der Waals surface area contributed by atoms with Crippen LogP contribution in [0, 0.1) is 5.41 Å². The van der Waals surface area contributed by atoms with Gasteiger partial charge in [0, 0.05) is 43.5 Å². The van der Waals surface area contributed by atoms with Crippen molar-refractivity contribution in [1.82, 2.24) is 15.2 Å². The standard InChI is InChI=1S/C17H29N3O/c1-6-14-10-19-15(17(2,3)4)12-20(14)11-13-8-7-9-18-16(13)21-5/h7-9,14-15,19H,6,10-12H2,1-5H3. The van der Waals surface area contributed by atoms with E-state index in [1.54, 1.807) is 13.3 Å². The SMILES string of the molecule is CCC1CNC(C(C)(C)C)CN1Cc1cccnc1OC. The second-order valence-corrected chi connectivity index (χ2v) is 6.99. The Hall–Kier alpha value is -1.13. The summed E-state index contributed by atoms with van der Waals surface area (Å²) in [6.45, 7) is 12.2. The number of piperazine rings is 1. The summed E-state index contributed by atoms with van der Waals surface area (Å²) < 4.78 is 5.40. The van der Waals surface area contributed by atoms with E-state index >= 15 is 0 Å². The molecule has 0 amide bonds. The molecular weight excluding hydrogens is 262 g/mol. The van der Waals surface area contributed by atoms with Gasteiger partial charge in [-0.2, -0.15) is 0 Å². The van der Waals surface area contributed by atoms with Crippen LogP contribution in [0.25, 0.3) is 0 Å². The van der Waals surface area contributed by atoms with Crippen LogP contribution in [0.2, 0.25) is 0 Å². The number of hydrogen-bond acceptors (Lipinski definition) is 4. The van der Waals surface area contributed by atoms with Gasteiger partial charge in [0.1, 0.15) is 0 Å². The third-order valence-corrected chi connectivity index (χ3v) is 4.47. The van der Waals surface area contributed by atoms with Gasteiger partial charge in [0.15, 0.2) is 0 Å². The van der Waals surface area contributed by atoms with Crippen molar-refractivity contribution in [2.45, 2.75) is 52.7 Å². The summed E-state index contributed by atoms with van der Waals surface area (Å²) in [6.07, 6.45) is 2.95. The minimum atomic E-state index is 0.274. The summed E-state index contributed by atoms with van der Waals surface area (Å²) in [7, 11) is 1.69. The molecule has 2 rings (SSSR count). The molecule has 1 aromatic rings. The van der Waals surface area contributed by atoms with Gasteiger partial charge in [0.2, 0.25) is 5.88 Å². The maximum absolute atomic E-state index is 5.40. The zero-order valence-electron chi connectivity index (χ0n) is 14.0. The first-order chi connectivity index (χ1) is 9.95. The van der Waals surface area contributed by atoms with Crippen LogP contribution in [-0.4, -0.2) is 42.2 Å². The summed E-state index contributed by atoms with van der Waals surface area (Å²) >= 11 is 0. The number of rotatable bonds is 4. The summed E-state index contributed by atoms with van der Waals surface area (Å²) in [5, 5.41) is 3.72. The molecule has 4 heteroatoms. The molecule has 1 aliphatic rings. The molecule has 1 N–H and O–H groups in total. The van der Waals surface area contributed by atoms with E-state index in [1.807, 2.05) is 6.07 Å². The minimum Gasteiger partial charge on any atom is -0.481 e. The van der Waals surface area contributed by atoms with E-state index in [4.69, 9.17) is 4.74 Å². The van der Waals surface area contributed by atoms with E-state index in [0.29, 0.717) is 12.1 Å². The Kier molecular flexibility index (Phi) is 5.22. The molecule has 0 aromatic carbocycles. The maximum atomic E-state index is 5.40. The second-order valence-electron chi connectivity index (χ2n) is 6.99. The van der Waals surface area contributed by atoms with Crippen LogP contribution in [0.1, 0.15) is 39.7 Å². The minimum absolute atomic E-state index is 0.274. The highest BCUT2D eigenvalue weighted by molar-refractivity contribution is 5.25. The number of nitrogens with zero attached hydrogens (tertiary/aromatic N) is 2. The smallest absolute Gasteiger partial charge is 0.217 e. The zero-order valence-corrected chi connectivity index (χ0v) is 14.0. The van der Waals surface area contributed by atoms with E-state index in [9.17, 15) is 0 Å². The van der Waals surface area contributed by atoms with E-state index in [-0.39, 0.29) is 5.41 Å². The van der Waals surface area contributed by atoms with Crippen molar-refractivity contribution in [2.75, 3.05) is 20.2 Å². The van der Waals surface area contributed by atoms with E-state index in [2.05, 4.69) is 49.0 Å². The summed E-state index contributed by atoms with van der Waals surface area (Å²) in [5.74, 6) is 0.748. The fourth-order valence-corrected chi connectivity index (χ4v) is 2.98. The molecule has 1 fully saturated rings. The van der Waals surface area contributed by atoms with Crippen molar-refractivity contribution in [2.24, 2.45) is 5.41 Å². The van der Waals surface area contributed by atoms with Gasteiger partial charge < -0.3 is 10.1 Å². The van der Waals surface area contributed by atoms with Crippen LogP contribution >= 0.6 is 0 Å². The Morgan fingerprint density at radius 1 is 1.43 bits per heavy atom. The predicted molar refractivity (Wildman–Crippen MR) is 86.5 cm³/mol. The molecule has 0 radical (unpaired) electrons. The average molecular weight is 291 g/mol. The first-order valence-electron chi connectivity index (χ1n) is 7.91. The first-order valence-corrected chi connectivity index (χ1v) is 7.91. The van der Waals surface area contributed by atoms with Gasteiger partial charge >= 0.3 is 0 Å². The van der Waals surface area contributed by atoms with Crippen LogP contribution in [0.3, 0.4) is 0 Å². The molecule has 2 unspecified atom stereocenters. The Morgan fingerprint density at radius 2 is 2.19 bits per heavy atom. The first kappa shape index (κ1) is 16.2. The number of hydrogen-bond donors (Lipinski definition) is 1. The van der Waals surface area contributed by atoms with Crippen LogP contribution < -0.4 is 10.1 Å². The van der Waals surface area contributed by atoms with E-state index in [1.165, 1.54) is 5.56 Å². The van der Waals surface area contributed by atoms with Gasteiger partial charge in [0.25, 0.3) is 0 Å². The number of pyridine rings is 1. The lowest BCUT2D eigenvalue weighted by Gasteiger charge is -2.45. The molecule has 4 nitrogen and oxygen atoms in total. The molecule has 118 valence electrons. The highest BCUT2D eigenvalue weighted by atomic mass is 16.5. The molecule has 1 aliphatic heterocycles. The summed E-state index contributed by atoms with van der Waals surface area (Å²) in [5.41, 5.74) is 1.45. The Balaban J connectivity index is 2.14. The highest BCUT2D eigenvalue weighted by Gasteiger charge is 2.33. The quantitative estimate of drug-likeness (QED) is 0.925. The zero-order chi connectivity index (χ0) is 15.5. The normalized spacial score (nSPS) is 24.0. The largest absolute Gasteiger partial charge is 0.481 e. The monoisotopic (exact) mass is 291 g/mol. The lowest BCUT2D eigenvalue weighted by molar-refractivity contribution is 0.0767. The summed E-state index contributed by atoms with van der Waals surface area (Å²) in [6, 6.07) is 5.20. The molecule has 1 aromatic heterocycles. The van der Waals surface area contributed by atoms with Gasteiger partial charge in [-0.05, 0) is 17.9 Å². The molecule has 21 heavy (non-hydrogen) atoms. The second kappa shape index (κ2) is 6.75. The van der Waals surface area contributed by atoms with Crippen molar-refractivity contribution in [1.29, 1.82) is 0 Å². The van der Waals surface area contributed by atoms with E-state index < -0.39 is 0 Å². The average Bonchev–Trinajstić information content (AvgIpc) is 2.47. The van der Waals surface area contributed by atoms with Gasteiger partial charge in [-0.1, -0.05) is 33.8 Å². The van der Waals surface area contributed by atoms with Crippen LogP contribution in [0.5, 0.6) is 5.88 Å². The van der Waals surface area contributed by atoms with Crippen molar-refractivity contribution < 1.29 is 4.74 Å². The van der Waals surface area contributed by atoms with Crippen LogP contribution in [0.15, 0.2) is 18.3 Å². The van der Waals surface area contributed by atoms with Crippen molar-refractivity contribution in [3.05, 3.63) is 23.9 Å². The Bertz CT molecular complexity index is 456. The molecule has 2 heterocycles. The molecule has 0 aliphatic carbocycles. The molecular formula is C17H29N3O. The molecule has 1 saturated heterocycles. The molecule has 0 saturated carbocycles. The molecule has 0 bridgehead atoms. The number of aromatic nitrogens is 1. The molecule has 0 spiro atoms. The Labute approximate surface area is 128 Å². The predicted octanol–water partition coefficient (Wildman–Crippen LogP) is 2.69. The van der Waals surface area contributed by atoms with Crippen molar-refractivity contribution in [3.8, 4) is 5.88 Å². The fourth-order valence-electron chi connectivity index (χ4n) is 2.98. The third-order valence-electron chi connectivity index (χ3n) is 4.47. The van der Waals surface area contributed by atoms with Crippen molar-refractivity contribution >= 4 is 0 Å². The van der Waals surface area contributed by atoms with E-state index in [0.717, 1.165) is 31.9 Å². The lowest BCUT2D eigenvalue weighted by atomic mass is 9.84. The number of methoxy groups -OCH3 is 1. The third kappa shape index (κ3) is 3.95. The van der Waals surface area contributed by atoms with Gasteiger partial charge in [0.05, 0.1) is 7.11 Å². The van der Waals surface area contributed by atoms with Gasteiger partial charge in [-0.15, -0.1) is 0 Å². The number of nitrogens with one attached hydrogen (secondary N) is 1. The highest BCUT2D eigenvalue weighted by Crippen LogP contribution is 2.26. The number of ether oxygens (including phenoxy) is 1. The Morgan fingerprint density at radius 3 is 2.81 bits per heavy atom. The van der Waals surface area contributed by atoms with Crippen LogP contribution in [0.4, 0.5) is 0 Å². The molecule has 2 atom stereocenters. The topological polar surface area (TPSA) is 37.4 Å². The van der Waals surface area contributed by atoms with Crippen LogP contribution in [-0.2, 0) is 6.54 Å².